The second-order valence-corrected chi connectivity index (χ2v) is 5.69. The van der Waals surface area contributed by atoms with Gasteiger partial charge in [0.05, 0.1) is 0 Å². The Morgan fingerprint density at radius 2 is 1.83 bits per heavy atom. The number of primary amides is 1. The summed E-state index contributed by atoms with van der Waals surface area (Å²) in [7, 11) is 0. The number of allylic oxidation sites excluding steroid dienone is 3. The van der Waals surface area contributed by atoms with Gasteiger partial charge in [0.1, 0.15) is 0 Å². The minimum Gasteiger partial charge on any atom is -0.366 e. The van der Waals surface area contributed by atoms with Crippen LogP contribution >= 0.6 is 0 Å². The number of hydrogen-bond donors (Lipinski definition) is 1. The maximum Gasteiger partial charge on any atom is 0.241 e. The van der Waals surface area contributed by atoms with Crippen molar-refractivity contribution in [2.75, 3.05) is 0 Å². The van der Waals surface area contributed by atoms with Crippen LogP contribution in [0.4, 0.5) is 0 Å². The third kappa shape index (κ3) is 6.63. The van der Waals surface area contributed by atoms with Crippen LogP contribution in [0, 0.1) is 5.92 Å². The molecule has 1 aliphatic rings. The van der Waals surface area contributed by atoms with Gasteiger partial charge in [0.15, 0.2) is 0 Å². The van der Waals surface area contributed by atoms with Crippen LogP contribution < -0.4 is 5.73 Å². The Kier molecular flexibility index (Phi) is 6.77. The van der Waals surface area contributed by atoms with Crippen LogP contribution in [0.2, 0.25) is 0 Å². The Morgan fingerprint density at radius 1 is 1.17 bits per heavy atom. The molecule has 1 saturated carbocycles. The number of rotatable bonds is 6. The Bertz CT molecular complexity index is 322. The first kappa shape index (κ1) is 15.0. The molecule has 18 heavy (non-hydrogen) atoms. The van der Waals surface area contributed by atoms with E-state index in [2.05, 4.69) is 13.0 Å². The Labute approximate surface area is 111 Å². The monoisotopic (exact) mass is 249 g/mol. The zero-order chi connectivity index (χ0) is 13.4. The van der Waals surface area contributed by atoms with Crippen molar-refractivity contribution < 1.29 is 4.79 Å². The third-order valence-corrected chi connectivity index (χ3v) is 3.76. The van der Waals surface area contributed by atoms with Gasteiger partial charge in [0, 0.05) is 6.08 Å². The molecule has 1 rings (SSSR count). The van der Waals surface area contributed by atoms with Crippen molar-refractivity contribution in [2.24, 2.45) is 11.7 Å². The van der Waals surface area contributed by atoms with E-state index >= 15 is 0 Å². The first-order chi connectivity index (χ1) is 8.58. The molecule has 0 aliphatic heterocycles. The third-order valence-electron chi connectivity index (χ3n) is 3.76. The van der Waals surface area contributed by atoms with E-state index in [0.29, 0.717) is 0 Å². The summed E-state index contributed by atoms with van der Waals surface area (Å²) >= 11 is 0. The summed E-state index contributed by atoms with van der Waals surface area (Å²) in [6.45, 7) is 4.21. The number of nitrogens with two attached hydrogens (primary N) is 1. The normalized spacial score (nSPS) is 19.0. The molecule has 0 atom stereocenters. The highest BCUT2D eigenvalue weighted by Crippen LogP contribution is 2.28. The predicted octanol–water partition coefficient (Wildman–Crippen LogP) is 4.11. The van der Waals surface area contributed by atoms with Gasteiger partial charge in [-0.3, -0.25) is 4.79 Å². The van der Waals surface area contributed by atoms with Crippen molar-refractivity contribution in [1.29, 1.82) is 0 Å². The topological polar surface area (TPSA) is 43.1 Å². The first-order valence-electron chi connectivity index (χ1n) is 7.20. The van der Waals surface area contributed by atoms with E-state index in [1.165, 1.54) is 50.2 Å². The molecule has 2 nitrogen and oxygen atoms in total. The summed E-state index contributed by atoms with van der Waals surface area (Å²) in [5.41, 5.74) is 7.70. The van der Waals surface area contributed by atoms with Crippen LogP contribution in [0.25, 0.3) is 0 Å². The SMILES string of the molecule is CC(=CCC/C(C)=C\C(N)=O)CC1CCCCC1. The number of carbonyl (C=O) groups is 1. The van der Waals surface area contributed by atoms with Gasteiger partial charge in [-0.15, -0.1) is 0 Å². The molecular weight excluding hydrogens is 222 g/mol. The van der Waals surface area contributed by atoms with Crippen molar-refractivity contribution in [1.82, 2.24) is 0 Å². The highest BCUT2D eigenvalue weighted by atomic mass is 16.1. The Balaban J connectivity index is 2.26. The van der Waals surface area contributed by atoms with E-state index in [1.54, 1.807) is 0 Å². The molecule has 0 spiro atoms. The van der Waals surface area contributed by atoms with Crippen LogP contribution in [0.3, 0.4) is 0 Å². The number of hydrogen-bond acceptors (Lipinski definition) is 1. The Hall–Kier alpha value is -1.05. The number of carbonyl (C=O) groups excluding carboxylic acids is 1. The van der Waals surface area contributed by atoms with Crippen LogP contribution in [0.1, 0.15) is 65.2 Å². The second-order valence-electron chi connectivity index (χ2n) is 5.69. The van der Waals surface area contributed by atoms with Gasteiger partial charge < -0.3 is 5.73 Å². The highest BCUT2D eigenvalue weighted by molar-refractivity contribution is 5.86. The molecule has 1 amide bonds. The van der Waals surface area contributed by atoms with E-state index in [1.807, 2.05) is 6.92 Å². The van der Waals surface area contributed by atoms with Crippen molar-refractivity contribution in [3.63, 3.8) is 0 Å². The lowest BCUT2D eigenvalue weighted by Gasteiger charge is -2.21. The smallest absolute Gasteiger partial charge is 0.241 e. The fraction of sp³-hybridized carbons (Fsp3) is 0.688. The summed E-state index contributed by atoms with van der Waals surface area (Å²) in [6.07, 6.45) is 14.2. The molecule has 0 unspecified atom stereocenters. The van der Waals surface area contributed by atoms with Gasteiger partial charge >= 0.3 is 0 Å². The maximum absolute atomic E-state index is 10.7. The summed E-state index contributed by atoms with van der Waals surface area (Å²) < 4.78 is 0. The summed E-state index contributed by atoms with van der Waals surface area (Å²) in [5, 5.41) is 0. The number of amides is 1. The fourth-order valence-electron chi connectivity index (χ4n) is 2.79. The summed E-state index contributed by atoms with van der Waals surface area (Å²) in [4.78, 5) is 10.7. The van der Waals surface area contributed by atoms with Gasteiger partial charge in [-0.1, -0.05) is 49.3 Å². The predicted molar refractivity (Wildman–Crippen MR) is 77.1 cm³/mol. The molecule has 1 fully saturated rings. The van der Waals surface area contributed by atoms with Gasteiger partial charge in [0.25, 0.3) is 0 Å². The van der Waals surface area contributed by atoms with Crippen molar-refractivity contribution >= 4 is 5.91 Å². The molecule has 1 aliphatic carbocycles. The average Bonchev–Trinajstić information content (AvgIpc) is 2.29. The van der Waals surface area contributed by atoms with E-state index in [0.717, 1.165) is 24.3 Å². The van der Waals surface area contributed by atoms with Crippen LogP contribution in [0.5, 0.6) is 0 Å². The van der Waals surface area contributed by atoms with Gasteiger partial charge in [-0.25, -0.2) is 0 Å². The minimum atomic E-state index is -0.338. The standard InChI is InChI=1S/C16H27NO/c1-13(11-15-9-4-3-5-10-15)7-6-8-14(2)12-16(17)18/h7,12,15H,3-6,8-11H2,1-2H3,(H2,17,18)/b13-7?,14-12-. The van der Waals surface area contributed by atoms with E-state index in [-0.39, 0.29) is 5.91 Å². The molecule has 0 radical (unpaired) electrons. The van der Waals surface area contributed by atoms with E-state index in [4.69, 9.17) is 5.73 Å². The molecule has 0 saturated heterocycles. The first-order valence-corrected chi connectivity index (χ1v) is 7.20. The Morgan fingerprint density at radius 3 is 2.44 bits per heavy atom. The lowest BCUT2D eigenvalue weighted by Crippen LogP contribution is -2.07. The zero-order valence-corrected chi connectivity index (χ0v) is 11.9. The summed E-state index contributed by atoms with van der Waals surface area (Å²) in [5.74, 6) is 0.577. The van der Waals surface area contributed by atoms with Gasteiger partial charge in [-0.2, -0.15) is 0 Å². The minimum absolute atomic E-state index is 0.338. The highest BCUT2D eigenvalue weighted by Gasteiger charge is 2.13. The average molecular weight is 249 g/mol. The zero-order valence-electron chi connectivity index (χ0n) is 11.9. The van der Waals surface area contributed by atoms with Gasteiger partial charge in [-0.05, 0) is 39.0 Å². The van der Waals surface area contributed by atoms with Crippen molar-refractivity contribution in [2.45, 2.75) is 65.2 Å². The molecule has 102 valence electrons. The largest absolute Gasteiger partial charge is 0.366 e. The molecule has 0 heterocycles. The van der Waals surface area contributed by atoms with Crippen LogP contribution in [0.15, 0.2) is 23.3 Å². The van der Waals surface area contributed by atoms with Crippen molar-refractivity contribution in [3.8, 4) is 0 Å². The quantitative estimate of drug-likeness (QED) is 0.558. The molecule has 0 aromatic carbocycles. The van der Waals surface area contributed by atoms with Crippen LogP contribution in [-0.2, 0) is 4.79 Å². The lowest BCUT2D eigenvalue weighted by molar-refractivity contribution is -0.113. The van der Waals surface area contributed by atoms with E-state index in [9.17, 15) is 4.79 Å². The van der Waals surface area contributed by atoms with Gasteiger partial charge in [0.2, 0.25) is 5.91 Å². The maximum atomic E-state index is 10.7. The second kappa shape index (κ2) is 8.12. The molecule has 0 bridgehead atoms. The summed E-state index contributed by atoms with van der Waals surface area (Å²) in [6, 6.07) is 0. The molecule has 2 N–H and O–H groups in total. The van der Waals surface area contributed by atoms with Crippen LogP contribution in [-0.4, -0.2) is 5.91 Å². The molecule has 0 aromatic heterocycles. The molecule has 0 aromatic rings. The van der Waals surface area contributed by atoms with E-state index < -0.39 is 0 Å². The van der Waals surface area contributed by atoms with Crippen molar-refractivity contribution in [3.05, 3.63) is 23.3 Å². The fourth-order valence-corrected chi connectivity index (χ4v) is 2.79. The molecule has 2 heteroatoms. The lowest BCUT2D eigenvalue weighted by atomic mass is 9.85. The molecular formula is C16H27NO.